The van der Waals surface area contributed by atoms with Crippen LogP contribution in [0, 0.1) is 5.92 Å². The van der Waals surface area contributed by atoms with Gasteiger partial charge in [0, 0.05) is 18.8 Å². The van der Waals surface area contributed by atoms with Crippen LogP contribution in [-0.2, 0) is 6.54 Å². The highest BCUT2D eigenvalue weighted by Crippen LogP contribution is 2.14. The SMILES string of the molecule is CCC(CC)n1ccc(CNC(CO)CC(C)C)n1. The Labute approximate surface area is 117 Å². The van der Waals surface area contributed by atoms with Gasteiger partial charge in [0.05, 0.1) is 18.3 Å². The van der Waals surface area contributed by atoms with Gasteiger partial charge in [0.15, 0.2) is 0 Å². The van der Waals surface area contributed by atoms with Crippen molar-refractivity contribution in [3.05, 3.63) is 18.0 Å². The van der Waals surface area contributed by atoms with Gasteiger partial charge in [0.1, 0.15) is 0 Å². The lowest BCUT2D eigenvalue weighted by atomic mass is 10.0. The number of nitrogens with one attached hydrogen (secondary N) is 1. The zero-order valence-corrected chi connectivity index (χ0v) is 12.8. The van der Waals surface area contributed by atoms with Gasteiger partial charge in [0.2, 0.25) is 0 Å². The van der Waals surface area contributed by atoms with Crippen LogP contribution in [0.4, 0.5) is 0 Å². The Morgan fingerprint density at radius 2 is 2.00 bits per heavy atom. The summed E-state index contributed by atoms with van der Waals surface area (Å²) < 4.78 is 2.06. The fraction of sp³-hybridized carbons (Fsp3) is 0.800. The molecule has 4 heteroatoms. The highest BCUT2D eigenvalue weighted by Gasteiger charge is 2.11. The molecule has 0 saturated carbocycles. The predicted octanol–water partition coefficient (Wildman–Crippen LogP) is 2.74. The Bertz CT molecular complexity index is 345. The van der Waals surface area contributed by atoms with Gasteiger partial charge >= 0.3 is 0 Å². The van der Waals surface area contributed by atoms with Crippen molar-refractivity contribution < 1.29 is 5.11 Å². The fourth-order valence-corrected chi connectivity index (χ4v) is 2.38. The third kappa shape index (κ3) is 5.33. The first-order valence-corrected chi connectivity index (χ1v) is 7.48. The molecule has 2 N–H and O–H groups in total. The molecule has 1 aromatic heterocycles. The normalized spacial score (nSPS) is 13.4. The highest BCUT2D eigenvalue weighted by atomic mass is 16.3. The molecule has 0 bridgehead atoms. The van der Waals surface area contributed by atoms with E-state index in [0.29, 0.717) is 12.0 Å². The maximum absolute atomic E-state index is 9.33. The quantitative estimate of drug-likeness (QED) is 0.723. The lowest BCUT2D eigenvalue weighted by molar-refractivity contribution is 0.223. The molecule has 1 rings (SSSR count). The smallest absolute Gasteiger partial charge is 0.0762 e. The summed E-state index contributed by atoms with van der Waals surface area (Å²) >= 11 is 0. The summed E-state index contributed by atoms with van der Waals surface area (Å²) in [5.41, 5.74) is 1.05. The first-order valence-electron chi connectivity index (χ1n) is 7.48. The van der Waals surface area contributed by atoms with Gasteiger partial charge in [-0.2, -0.15) is 5.10 Å². The fourth-order valence-electron chi connectivity index (χ4n) is 2.38. The molecule has 0 aliphatic heterocycles. The monoisotopic (exact) mass is 267 g/mol. The van der Waals surface area contributed by atoms with E-state index in [1.165, 1.54) is 0 Å². The van der Waals surface area contributed by atoms with Gasteiger partial charge in [-0.3, -0.25) is 4.68 Å². The van der Waals surface area contributed by atoms with Gasteiger partial charge < -0.3 is 10.4 Å². The van der Waals surface area contributed by atoms with Crippen LogP contribution >= 0.6 is 0 Å². The second-order valence-corrected chi connectivity index (χ2v) is 5.65. The molecule has 0 radical (unpaired) electrons. The van der Waals surface area contributed by atoms with Crippen LogP contribution in [0.2, 0.25) is 0 Å². The topological polar surface area (TPSA) is 50.1 Å². The van der Waals surface area contributed by atoms with E-state index in [1.807, 2.05) is 0 Å². The summed E-state index contributed by atoms with van der Waals surface area (Å²) in [6.45, 7) is 9.64. The minimum Gasteiger partial charge on any atom is -0.395 e. The van der Waals surface area contributed by atoms with Crippen LogP contribution in [-0.4, -0.2) is 27.5 Å². The summed E-state index contributed by atoms with van der Waals surface area (Å²) in [5.74, 6) is 0.590. The molecule has 19 heavy (non-hydrogen) atoms. The van der Waals surface area contributed by atoms with E-state index in [0.717, 1.165) is 31.5 Å². The number of aliphatic hydroxyl groups excluding tert-OH is 1. The van der Waals surface area contributed by atoms with Crippen LogP contribution < -0.4 is 5.32 Å². The van der Waals surface area contributed by atoms with E-state index in [2.05, 4.69) is 55.1 Å². The van der Waals surface area contributed by atoms with Gasteiger partial charge in [-0.1, -0.05) is 27.7 Å². The Kier molecular flexibility index (Phi) is 7.10. The van der Waals surface area contributed by atoms with Crippen LogP contribution in [0.1, 0.15) is 58.7 Å². The summed E-state index contributed by atoms with van der Waals surface area (Å²) in [4.78, 5) is 0. The van der Waals surface area contributed by atoms with Crippen molar-refractivity contribution in [2.45, 2.75) is 65.6 Å². The summed E-state index contributed by atoms with van der Waals surface area (Å²) in [5, 5.41) is 17.3. The molecule has 110 valence electrons. The largest absolute Gasteiger partial charge is 0.395 e. The zero-order valence-electron chi connectivity index (χ0n) is 12.8. The third-order valence-electron chi connectivity index (χ3n) is 3.53. The Morgan fingerprint density at radius 1 is 1.32 bits per heavy atom. The molecule has 0 saturated heterocycles. The highest BCUT2D eigenvalue weighted by molar-refractivity contribution is 4.99. The molecule has 0 amide bonds. The van der Waals surface area contributed by atoms with E-state index < -0.39 is 0 Å². The van der Waals surface area contributed by atoms with Gasteiger partial charge in [-0.05, 0) is 31.2 Å². The number of rotatable bonds is 9. The van der Waals surface area contributed by atoms with E-state index in [1.54, 1.807) is 0 Å². The van der Waals surface area contributed by atoms with Crippen molar-refractivity contribution in [3.63, 3.8) is 0 Å². The van der Waals surface area contributed by atoms with Crippen LogP contribution in [0.3, 0.4) is 0 Å². The zero-order chi connectivity index (χ0) is 14.3. The Balaban J connectivity index is 2.49. The van der Waals surface area contributed by atoms with Gasteiger partial charge in [0.25, 0.3) is 0 Å². The van der Waals surface area contributed by atoms with Gasteiger partial charge in [-0.15, -0.1) is 0 Å². The van der Waals surface area contributed by atoms with Gasteiger partial charge in [-0.25, -0.2) is 0 Å². The number of aromatic nitrogens is 2. The standard InChI is InChI=1S/C15H29N3O/c1-5-15(6-2)18-8-7-13(17-18)10-16-14(11-19)9-12(3)4/h7-8,12,14-16,19H,5-6,9-11H2,1-4H3. The maximum atomic E-state index is 9.33. The lowest BCUT2D eigenvalue weighted by Gasteiger charge is -2.17. The Morgan fingerprint density at radius 3 is 2.53 bits per heavy atom. The minimum atomic E-state index is 0.165. The van der Waals surface area contributed by atoms with Crippen molar-refractivity contribution in [2.24, 2.45) is 5.92 Å². The first-order chi connectivity index (χ1) is 9.10. The number of hydrogen-bond acceptors (Lipinski definition) is 3. The molecule has 1 unspecified atom stereocenters. The number of nitrogens with zero attached hydrogens (tertiary/aromatic N) is 2. The van der Waals surface area contributed by atoms with Crippen molar-refractivity contribution in [2.75, 3.05) is 6.61 Å². The van der Waals surface area contributed by atoms with E-state index in [9.17, 15) is 5.11 Å². The molecule has 1 atom stereocenters. The van der Waals surface area contributed by atoms with Crippen molar-refractivity contribution in [1.82, 2.24) is 15.1 Å². The second kappa shape index (κ2) is 8.33. The third-order valence-corrected chi connectivity index (χ3v) is 3.53. The van der Waals surface area contributed by atoms with Crippen LogP contribution in [0.5, 0.6) is 0 Å². The van der Waals surface area contributed by atoms with E-state index >= 15 is 0 Å². The molecular formula is C15H29N3O. The van der Waals surface area contributed by atoms with Crippen molar-refractivity contribution in [1.29, 1.82) is 0 Å². The van der Waals surface area contributed by atoms with Crippen molar-refractivity contribution in [3.8, 4) is 0 Å². The van der Waals surface area contributed by atoms with Crippen LogP contribution in [0.15, 0.2) is 12.3 Å². The number of hydrogen-bond donors (Lipinski definition) is 2. The summed E-state index contributed by atoms with van der Waals surface area (Å²) in [6.07, 6.45) is 5.27. The molecule has 0 aromatic carbocycles. The summed E-state index contributed by atoms with van der Waals surface area (Å²) in [6, 6.07) is 2.73. The molecule has 0 fully saturated rings. The predicted molar refractivity (Wildman–Crippen MR) is 79.0 cm³/mol. The first kappa shape index (κ1) is 16.2. The molecule has 0 aliphatic carbocycles. The van der Waals surface area contributed by atoms with E-state index in [-0.39, 0.29) is 12.6 Å². The molecule has 1 aromatic rings. The maximum Gasteiger partial charge on any atom is 0.0762 e. The van der Waals surface area contributed by atoms with E-state index in [4.69, 9.17) is 0 Å². The summed E-state index contributed by atoms with van der Waals surface area (Å²) in [7, 11) is 0. The minimum absolute atomic E-state index is 0.165. The van der Waals surface area contributed by atoms with Crippen LogP contribution in [0.25, 0.3) is 0 Å². The molecule has 1 heterocycles. The number of aliphatic hydroxyl groups is 1. The Hall–Kier alpha value is -0.870. The average Bonchev–Trinajstić information content (AvgIpc) is 2.84. The molecular weight excluding hydrogens is 238 g/mol. The average molecular weight is 267 g/mol. The van der Waals surface area contributed by atoms with Crippen molar-refractivity contribution >= 4 is 0 Å². The second-order valence-electron chi connectivity index (χ2n) is 5.65. The molecule has 0 aliphatic rings. The molecule has 4 nitrogen and oxygen atoms in total. The molecule has 0 spiro atoms. The lowest BCUT2D eigenvalue weighted by Crippen LogP contribution is -2.33.